The van der Waals surface area contributed by atoms with Crippen molar-refractivity contribution in [3.8, 4) is 0 Å². The van der Waals surface area contributed by atoms with Gasteiger partial charge in [-0.2, -0.15) is 0 Å². The molecule has 1 unspecified atom stereocenters. The molecule has 1 aliphatic rings. The first-order valence-corrected chi connectivity index (χ1v) is 7.65. The second-order valence-corrected chi connectivity index (χ2v) is 6.82. The molecule has 1 fully saturated rings. The predicted molar refractivity (Wildman–Crippen MR) is 82.7 cm³/mol. The Kier molecular flexibility index (Phi) is 3.27. The van der Waals surface area contributed by atoms with Gasteiger partial charge in [0.2, 0.25) is 0 Å². The summed E-state index contributed by atoms with van der Waals surface area (Å²) >= 11 is 0. The molecule has 112 valence electrons. The Hall–Kier alpha value is -1.84. The Morgan fingerprint density at radius 1 is 1.48 bits per heavy atom. The average Bonchev–Trinajstić information content (AvgIpc) is 2.97. The summed E-state index contributed by atoms with van der Waals surface area (Å²) in [4.78, 5) is 15.9. The molecule has 1 aromatic carbocycles. The van der Waals surface area contributed by atoms with Gasteiger partial charge in [0.1, 0.15) is 5.82 Å². The third kappa shape index (κ3) is 2.43. The van der Waals surface area contributed by atoms with Gasteiger partial charge < -0.3 is 9.67 Å². The molecule has 3 rings (SSSR count). The predicted octanol–water partition coefficient (Wildman–Crippen LogP) is 4.05. The molecule has 1 aromatic heterocycles. The molecule has 1 N–H and O–H groups in total. The first kappa shape index (κ1) is 14.1. The number of hydrogen-bond acceptors (Lipinski definition) is 2. The summed E-state index contributed by atoms with van der Waals surface area (Å²) in [5, 5.41) is 9.22. The molecule has 1 atom stereocenters. The van der Waals surface area contributed by atoms with Gasteiger partial charge in [0.25, 0.3) is 0 Å². The van der Waals surface area contributed by atoms with E-state index in [0.717, 1.165) is 36.1 Å². The number of aryl methyl sites for hydroxylation is 1. The van der Waals surface area contributed by atoms with Crippen LogP contribution in [0.2, 0.25) is 0 Å². The summed E-state index contributed by atoms with van der Waals surface area (Å²) in [6.07, 6.45) is 4.35. The van der Waals surface area contributed by atoms with Gasteiger partial charge in [-0.3, -0.25) is 0 Å². The Morgan fingerprint density at radius 3 is 2.81 bits per heavy atom. The number of fused-ring (bicyclic) bond motifs is 1. The summed E-state index contributed by atoms with van der Waals surface area (Å²) in [6, 6.07) is 5.67. The van der Waals surface area contributed by atoms with Crippen molar-refractivity contribution in [3.05, 3.63) is 29.6 Å². The summed E-state index contributed by atoms with van der Waals surface area (Å²) < 4.78 is 2.29. The lowest BCUT2D eigenvalue weighted by Crippen LogP contribution is -2.12. The number of carbonyl (C=O) groups is 1. The summed E-state index contributed by atoms with van der Waals surface area (Å²) in [5.74, 6) is 0.185. The molecule has 1 saturated carbocycles. The number of carboxylic acid groups (broad SMARTS) is 1. The molecule has 0 saturated heterocycles. The van der Waals surface area contributed by atoms with E-state index in [0.29, 0.717) is 17.0 Å². The van der Waals surface area contributed by atoms with Crippen molar-refractivity contribution in [2.75, 3.05) is 0 Å². The van der Waals surface area contributed by atoms with E-state index in [-0.39, 0.29) is 0 Å². The maximum atomic E-state index is 11.2. The zero-order chi connectivity index (χ0) is 15.2. The van der Waals surface area contributed by atoms with Gasteiger partial charge in [0.05, 0.1) is 16.6 Å². The smallest absolute Gasteiger partial charge is 0.335 e. The van der Waals surface area contributed by atoms with Crippen LogP contribution >= 0.6 is 0 Å². The van der Waals surface area contributed by atoms with Crippen molar-refractivity contribution in [2.45, 2.75) is 52.5 Å². The number of rotatable bonds is 3. The SMILES string of the molecule is CCc1nc2ccc(C(=O)O)cc2n1C1CCC(C)(C)C1. The van der Waals surface area contributed by atoms with Crippen molar-refractivity contribution in [3.63, 3.8) is 0 Å². The monoisotopic (exact) mass is 286 g/mol. The lowest BCUT2D eigenvalue weighted by atomic mass is 9.92. The van der Waals surface area contributed by atoms with E-state index < -0.39 is 5.97 Å². The first-order valence-electron chi connectivity index (χ1n) is 7.65. The van der Waals surface area contributed by atoms with E-state index >= 15 is 0 Å². The zero-order valence-corrected chi connectivity index (χ0v) is 12.9. The van der Waals surface area contributed by atoms with Crippen LogP contribution in [0.3, 0.4) is 0 Å². The second-order valence-electron chi connectivity index (χ2n) is 6.82. The molecule has 21 heavy (non-hydrogen) atoms. The molecular weight excluding hydrogens is 264 g/mol. The van der Waals surface area contributed by atoms with Crippen LogP contribution in [0.25, 0.3) is 11.0 Å². The Labute approximate surface area is 124 Å². The van der Waals surface area contributed by atoms with Crippen LogP contribution < -0.4 is 0 Å². The maximum Gasteiger partial charge on any atom is 0.335 e. The fourth-order valence-electron chi connectivity index (χ4n) is 3.55. The fourth-order valence-corrected chi connectivity index (χ4v) is 3.55. The van der Waals surface area contributed by atoms with Crippen LogP contribution in [0.1, 0.15) is 62.3 Å². The van der Waals surface area contributed by atoms with E-state index in [1.165, 1.54) is 6.42 Å². The summed E-state index contributed by atoms with van der Waals surface area (Å²) in [5.41, 5.74) is 2.57. The van der Waals surface area contributed by atoms with Crippen LogP contribution in [-0.4, -0.2) is 20.6 Å². The van der Waals surface area contributed by atoms with Crippen LogP contribution in [0.15, 0.2) is 18.2 Å². The van der Waals surface area contributed by atoms with Crippen LogP contribution in [0.4, 0.5) is 0 Å². The van der Waals surface area contributed by atoms with Crippen molar-refractivity contribution >= 4 is 17.0 Å². The minimum Gasteiger partial charge on any atom is -0.478 e. The Morgan fingerprint density at radius 2 is 2.24 bits per heavy atom. The number of nitrogens with zero attached hydrogens (tertiary/aromatic N) is 2. The van der Waals surface area contributed by atoms with E-state index in [4.69, 9.17) is 4.98 Å². The van der Waals surface area contributed by atoms with Gasteiger partial charge in [0, 0.05) is 12.5 Å². The first-order chi connectivity index (χ1) is 9.91. The van der Waals surface area contributed by atoms with Crippen LogP contribution in [0.5, 0.6) is 0 Å². The number of benzene rings is 1. The highest BCUT2D eigenvalue weighted by Gasteiger charge is 2.33. The lowest BCUT2D eigenvalue weighted by molar-refractivity contribution is 0.0697. The maximum absolute atomic E-state index is 11.2. The normalized spacial score (nSPS) is 21.0. The molecule has 0 bridgehead atoms. The minimum absolute atomic E-state index is 0.337. The van der Waals surface area contributed by atoms with Gasteiger partial charge in [-0.15, -0.1) is 0 Å². The second kappa shape index (κ2) is 4.86. The van der Waals surface area contributed by atoms with E-state index in [2.05, 4.69) is 25.3 Å². The summed E-state index contributed by atoms with van der Waals surface area (Å²) in [6.45, 7) is 6.72. The topological polar surface area (TPSA) is 55.1 Å². The van der Waals surface area contributed by atoms with Crippen LogP contribution in [0, 0.1) is 5.41 Å². The van der Waals surface area contributed by atoms with Crippen molar-refractivity contribution in [2.24, 2.45) is 5.41 Å². The van der Waals surface area contributed by atoms with E-state index in [1.54, 1.807) is 12.1 Å². The Bertz CT molecular complexity index is 700. The number of carboxylic acids is 1. The molecule has 2 aromatic rings. The van der Waals surface area contributed by atoms with Gasteiger partial charge in [0.15, 0.2) is 0 Å². The third-order valence-electron chi connectivity index (χ3n) is 4.63. The highest BCUT2D eigenvalue weighted by molar-refractivity contribution is 5.92. The highest BCUT2D eigenvalue weighted by Crippen LogP contribution is 2.45. The molecule has 4 heteroatoms. The number of hydrogen-bond donors (Lipinski definition) is 1. The van der Waals surface area contributed by atoms with Crippen molar-refractivity contribution in [1.82, 2.24) is 9.55 Å². The zero-order valence-electron chi connectivity index (χ0n) is 12.9. The van der Waals surface area contributed by atoms with Gasteiger partial charge in [-0.25, -0.2) is 9.78 Å². The fraction of sp³-hybridized carbons (Fsp3) is 0.529. The molecule has 1 heterocycles. The highest BCUT2D eigenvalue weighted by atomic mass is 16.4. The van der Waals surface area contributed by atoms with Gasteiger partial charge in [-0.05, 0) is 42.9 Å². The largest absolute Gasteiger partial charge is 0.478 e. The third-order valence-corrected chi connectivity index (χ3v) is 4.63. The molecule has 1 aliphatic carbocycles. The van der Waals surface area contributed by atoms with Gasteiger partial charge >= 0.3 is 5.97 Å². The summed E-state index contributed by atoms with van der Waals surface area (Å²) in [7, 11) is 0. The van der Waals surface area contributed by atoms with E-state index in [9.17, 15) is 9.90 Å². The molecule has 4 nitrogen and oxygen atoms in total. The van der Waals surface area contributed by atoms with Gasteiger partial charge in [-0.1, -0.05) is 20.8 Å². The molecule has 0 spiro atoms. The number of aromatic carboxylic acids is 1. The molecule has 0 radical (unpaired) electrons. The van der Waals surface area contributed by atoms with Crippen LogP contribution in [-0.2, 0) is 6.42 Å². The van der Waals surface area contributed by atoms with Crippen molar-refractivity contribution in [1.29, 1.82) is 0 Å². The number of imidazole rings is 1. The van der Waals surface area contributed by atoms with Crippen molar-refractivity contribution < 1.29 is 9.90 Å². The standard InChI is InChI=1S/C17H22N2O2/c1-4-15-18-13-6-5-11(16(20)21)9-14(13)19(15)12-7-8-17(2,3)10-12/h5-6,9,12H,4,7-8,10H2,1-3H3,(H,20,21). The quantitative estimate of drug-likeness (QED) is 0.926. The number of aromatic nitrogens is 2. The molecule has 0 aliphatic heterocycles. The Balaban J connectivity index is 2.14. The van der Waals surface area contributed by atoms with E-state index in [1.807, 2.05) is 6.07 Å². The lowest BCUT2D eigenvalue weighted by Gasteiger charge is -2.20. The minimum atomic E-state index is -0.880. The average molecular weight is 286 g/mol. The molecule has 0 amide bonds. The molecular formula is C17H22N2O2.